The lowest BCUT2D eigenvalue weighted by atomic mass is 10.1. The molecule has 1 heterocycles. The second-order valence-corrected chi connectivity index (χ2v) is 4.89. The molecule has 1 atom stereocenters. The van der Waals surface area contributed by atoms with Crippen LogP contribution in [0.2, 0.25) is 0 Å². The summed E-state index contributed by atoms with van der Waals surface area (Å²) in [6.07, 6.45) is 1.37. The van der Waals surface area contributed by atoms with Gasteiger partial charge in [0.15, 0.2) is 0 Å². The SMILES string of the molecule is CN(C(=O)CCc1cc(F)ccc1F)[C@@H]1CCNC1. The van der Waals surface area contributed by atoms with E-state index < -0.39 is 11.6 Å². The van der Waals surface area contributed by atoms with Gasteiger partial charge in [0.25, 0.3) is 0 Å². The van der Waals surface area contributed by atoms with Crippen molar-refractivity contribution in [3.8, 4) is 0 Å². The number of benzene rings is 1. The Morgan fingerprint density at radius 3 is 2.95 bits per heavy atom. The highest BCUT2D eigenvalue weighted by atomic mass is 19.1. The highest BCUT2D eigenvalue weighted by Crippen LogP contribution is 2.14. The molecule has 3 nitrogen and oxygen atoms in total. The molecule has 0 aromatic heterocycles. The molecule has 2 rings (SSSR count). The summed E-state index contributed by atoms with van der Waals surface area (Å²) in [5, 5.41) is 3.20. The number of hydrogen-bond acceptors (Lipinski definition) is 2. The fraction of sp³-hybridized carbons (Fsp3) is 0.500. The molecular formula is C14H18F2N2O. The molecule has 1 fully saturated rings. The lowest BCUT2D eigenvalue weighted by Crippen LogP contribution is -2.38. The van der Waals surface area contributed by atoms with Gasteiger partial charge in [-0.3, -0.25) is 4.79 Å². The Morgan fingerprint density at radius 2 is 2.26 bits per heavy atom. The third-order valence-corrected chi connectivity index (χ3v) is 3.59. The monoisotopic (exact) mass is 268 g/mol. The van der Waals surface area contributed by atoms with Gasteiger partial charge in [-0.05, 0) is 43.1 Å². The number of rotatable bonds is 4. The minimum atomic E-state index is -0.475. The molecule has 0 spiro atoms. The molecule has 104 valence electrons. The first kappa shape index (κ1) is 13.9. The predicted molar refractivity (Wildman–Crippen MR) is 68.7 cm³/mol. The Hall–Kier alpha value is -1.49. The first-order valence-corrected chi connectivity index (χ1v) is 6.48. The average Bonchev–Trinajstić information content (AvgIpc) is 2.92. The summed E-state index contributed by atoms with van der Waals surface area (Å²) < 4.78 is 26.4. The van der Waals surface area contributed by atoms with Gasteiger partial charge in [0.1, 0.15) is 11.6 Å². The third kappa shape index (κ3) is 3.50. The van der Waals surface area contributed by atoms with Crippen LogP contribution in [0, 0.1) is 11.6 Å². The number of aryl methyl sites for hydroxylation is 1. The molecule has 5 heteroatoms. The smallest absolute Gasteiger partial charge is 0.222 e. The topological polar surface area (TPSA) is 32.3 Å². The van der Waals surface area contributed by atoms with E-state index in [2.05, 4.69) is 5.32 Å². The number of halogens is 2. The average molecular weight is 268 g/mol. The molecule has 0 aliphatic carbocycles. The van der Waals surface area contributed by atoms with Crippen LogP contribution in [0.1, 0.15) is 18.4 Å². The maximum absolute atomic E-state index is 13.4. The fourth-order valence-electron chi connectivity index (χ4n) is 2.33. The van der Waals surface area contributed by atoms with Gasteiger partial charge in [-0.1, -0.05) is 0 Å². The highest BCUT2D eigenvalue weighted by Gasteiger charge is 2.22. The summed E-state index contributed by atoms with van der Waals surface area (Å²) in [4.78, 5) is 13.7. The minimum Gasteiger partial charge on any atom is -0.341 e. The zero-order valence-electron chi connectivity index (χ0n) is 11.0. The summed E-state index contributed by atoms with van der Waals surface area (Å²) in [5.74, 6) is -0.964. The first-order chi connectivity index (χ1) is 9.08. The van der Waals surface area contributed by atoms with Gasteiger partial charge >= 0.3 is 0 Å². The number of nitrogens with one attached hydrogen (secondary N) is 1. The quantitative estimate of drug-likeness (QED) is 0.901. The lowest BCUT2D eigenvalue weighted by Gasteiger charge is -2.23. The van der Waals surface area contributed by atoms with Crippen molar-refractivity contribution in [2.45, 2.75) is 25.3 Å². The molecule has 0 saturated carbocycles. The number of likely N-dealkylation sites (N-methyl/N-ethyl adjacent to an activating group) is 1. The molecule has 0 unspecified atom stereocenters. The first-order valence-electron chi connectivity index (χ1n) is 6.48. The molecular weight excluding hydrogens is 250 g/mol. The Labute approximate surface area is 111 Å². The van der Waals surface area contributed by atoms with E-state index in [1.165, 1.54) is 0 Å². The van der Waals surface area contributed by atoms with Gasteiger partial charge in [0.05, 0.1) is 0 Å². The Balaban J connectivity index is 1.90. The lowest BCUT2D eigenvalue weighted by molar-refractivity contribution is -0.131. The van der Waals surface area contributed by atoms with Gasteiger partial charge in [0, 0.05) is 26.1 Å². The Bertz CT molecular complexity index is 459. The number of carbonyl (C=O) groups excluding carboxylic acids is 1. The molecule has 19 heavy (non-hydrogen) atoms. The van der Waals surface area contributed by atoms with Gasteiger partial charge in [0.2, 0.25) is 5.91 Å². The summed E-state index contributed by atoms with van der Waals surface area (Å²) in [5.41, 5.74) is 0.256. The largest absolute Gasteiger partial charge is 0.341 e. The number of amides is 1. The van der Waals surface area contributed by atoms with Gasteiger partial charge in [-0.2, -0.15) is 0 Å². The van der Waals surface area contributed by atoms with Crippen molar-refractivity contribution < 1.29 is 13.6 Å². The van der Waals surface area contributed by atoms with Crippen LogP contribution in [0.5, 0.6) is 0 Å². The second-order valence-electron chi connectivity index (χ2n) is 4.89. The van der Waals surface area contributed by atoms with Crippen molar-refractivity contribution in [2.75, 3.05) is 20.1 Å². The third-order valence-electron chi connectivity index (χ3n) is 3.59. The maximum Gasteiger partial charge on any atom is 0.222 e. The maximum atomic E-state index is 13.4. The number of hydrogen-bond donors (Lipinski definition) is 1. The van der Waals surface area contributed by atoms with E-state index in [0.717, 1.165) is 37.7 Å². The van der Waals surface area contributed by atoms with E-state index >= 15 is 0 Å². The van der Waals surface area contributed by atoms with Crippen LogP contribution >= 0.6 is 0 Å². The fourth-order valence-corrected chi connectivity index (χ4v) is 2.33. The van der Waals surface area contributed by atoms with Crippen molar-refractivity contribution >= 4 is 5.91 Å². The second kappa shape index (κ2) is 6.10. The number of nitrogens with zero attached hydrogens (tertiary/aromatic N) is 1. The predicted octanol–water partition coefficient (Wildman–Crippen LogP) is 1.72. The van der Waals surface area contributed by atoms with Crippen LogP contribution in [0.25, 0.3) is 0 Å². The van der Waals surface area contributed by atoms with Crippen molar-refractivity contribution in [3.63, 3.8) is 0 Å². The van der Waals surface area contributed by atoms with Crippen molar-refractivity contribution in [2.24, 2.45) is 0 Å². The van der Waals surface area contributed by atoms with Crippen molar-refractivity contribution in [3.05, 3.63) is 35.4 Å². The highest BCUT2D eigenvalue weighted by molar-refractivity contribution is 5.76. The molecule has 1 aromatic rings. The van der Waals surface area contributed by atoms with E-state index in [1.54, 1.807) is 11.9 Å². The van der Waals surface area contributed by atoms with E-state index in [1.807, 2.05) is 0 Å². The molecule has 1 aliphatic heterocycles. The van der Waals surface area contributed by atoms with Gasteiger partial charge in [-0.15, -0.1) is 0 Å². The van der Waals surface area contributed by atoms with E-state index in [4.69, 9.17) is 0 Å². The summed E-state index contributed by atoms with van der Waals surface area (Å²) in [6, 6.07) is 3.54. The Kier molecular flexibility index (Phi) is 4.47. The minimum absolute atomic E-state index is 0.0302. The zero-order chi connectivity index (χ0) is 13.8. The van der Waals surface area contributed by atoms with Crippen LogP contribution in [-0.2, 0) is 11.2 Å². The zero-order valence-corrected chi connectivity index (χ0v) is 11.0. The summed E-state index contributed by atoms with van der Waals surface area (Å²) in [7, 11) is 1.77. The summed E-state index contributed by atoms with van der Waals surface area (Å²) in [6.45, 7) is 1.72. The van der Waals surface area contributed by atoms with E-state index in [9.17, 15) is 13.6 Å². The molecule has 0 radical (unpaired) electrons. The van der Waals surface area contributed by atoms with Crippen LogP contribution in [0.3, 0.4) is 0 Å². The molecule has 0 bridgehead atoms. The van der Waals surface area contributed by atoms with Crippen LogP contribution in [0.4, 0.5) is 8.78 Å². The van der Waals surface area contributed by atoms with E-state index in [-0.39, 0.29) is 30.4 Å². The normalized spacial score (nSPS) is 18.6. The molecule has 1 N–H and O–H groups in total. The Morgan fingerprint density at radius 1 is 1.47 bits per heavy atom. The molecule has 1 aliphatic rings. The standard InChI is InChI=1S/C14H18F2N2O/c1-18(12-6-7-17-9-12)14(19)5-2-10-8-11(15)3-4-13(10)16/h3-4,8,12,17H,2,5-7,9H2,1H3/t12-/m1/s1. The van der Waals surface area contributed by atoms with Crippen LogP contribution < -0.4 is 5.32 Å². The molecule has 1 amide bonds. The van der Waals surface area contributed by atoms with Crippen LogP contribution in [0.15, 0.2) is 18.2 Å². The van der Waals surface area contributed by atoms with Gasteiger partial charge in [-0.25, -0.2) is 8.78 Å². The van der Waals surface area contributed by atoms with Crippen molar-refractivity contribution in [1.82, 2.24) is 10.2 Å². The molecule has 1 aromatic carbocycles. The van der Waals surface area contributed by atoms with Gasteiger partial charge < -0.3 is 10.2 Å². The van der Waals surface area contributed by atoms with E-state index in [0.29, 0.717) is 0 Å². The summed E-state index contributed by atoms with van der Waals surface area (Å²) >= 11 is 0. The molecule has 1 saturated heterocycles. The van der Waals surface area contributed by atoms with Crippen LogP contribution in [-0.4, -0.2) is 37.0 Å². The number of carbonyl (C=O) groups is 1. The van der Waals surface area contributed by atoms with Crippen molar-refractivity contribution in [1.29, 1.82) is 0 Å².